The van der Waals surface area contributed by atoms with Crippen molar-refractivity contribution in [1.82, 2.24) is 5.32 Å². The molecule has 0 fully saturated rings. The molecule has 0 bridgehead atoms. The molecule has 1 amide bonds. The summed E-state index contributed by atoms with van der Waals surface area (Å²) in [6.45, 7) is 0. The number of thiophene rings is 1. The molecule has 22 heavy (non-hydrogen) atoms. The van der Waals surface area contributed by atoms with Crippen molar-refractivity contribution in [3.63, 3.8) is 0 Å². The van der Waals surface area contributed by atoms with Crippen molar-refractivity contribution in [3.05, 3.63) is 58.3 Å². The van der Waals surface area contributed by atoms with Gasteiger partial charge in [-0.2, -0.15) is 5.26 Å². The Morgan fingerprint density at radius 3 is 2.64 bits per heavy atom. The first-order valence-corrected chi connectivity index (χ1v) is 7.71. The number of ether oxygens (including phenoxy) is 1. The van der Waals surface area contributed by atoms with Crippen LogP contribution in [0.15, 0.2) is 47.9 Å². The molecule has 4 nitrogen and oxygen atoms in total. The van der Waals surface area contributed by atoms with Crippen LogP contribution in [0.5, 0.6) is 5.75 Å². The molecule has 0 saturated carbocycles. The zero-order valence-electron chi connectivity index (χ0n) is 11.9. The van der Waals surface area contributed by atoms with Crippen molar-refractivity contribution in [2.45, 2.75) is 5.92 Å². The Labute approximate surface area is 132 Å². The molecule has 110 valence electrons. The van der Waals surface area contributed by atoms with E-state index in [-0.39, 0.29) is 11.8 Å². The van der Waals surface area contributed by atoms with Crippen LogP contribution in [-0.4, -0.2) is 13.0 Å². The zero-order valence-corrected chi connectivity index (χ0v) is 12.8. The average Bonchev–Trinajstić information content (AvgIpc) is 3.08. The molecule has 0 spiro atoms. The van der Waals surface area contributed by atoms with E-state index in [9.17, 15) is 10.1 Å². The van der Waals surface area contributed by atoms with Crippen molar-refractivity contribution in [1.29, 1.82) is 5.26 Å². The second kappa shape index (κ2) is 6.04. The highest BCUT2D eigenvalue weighted by atomic mass is 32.1. The van der Waals surface area contributed by atoms with Gasteiger partial charge in [0.2, 0.25) is 5.91 Å². The van der Waals surface area contributed by atoms with Crippen LogP contribution in [0.3, 0.4) is 0 Å². The molecular formula is C17H14N2O2S. The summed E-state index contributed by atoms with van der Waals surface area (Å²) in [5.74, 6) is -0.493. The molecule has 1 aliphatic rings. The number of carbonyl (C=O) groups excluding carboxylic acids is 1. The van der Waals surface area contributed by atoms with Crippen molar-refractivity contribution in [3.8, 4) is 11.8 Å². The fourth-order valence-corrected chi connectivity index (χ4v) is 3.23. The third-order valence-electron chi connectivity index (χ3n) is 3.67. The molecule has 1 aliphatic heterocycles. The van der Waals surface area contributed by atoms with Crippen LogP contribution < -0.4 is 10.1 Å². The van der Waals surface area contributed by atoms with Gasteiger partial charge in [0.1, 0.15) is 11.7 Å². The molecule has 1 aromatic heterocycles. The molecule has 0 radical (unpaired) electrons. The summed E-state index contributed by atoms with van der Waals surface area (Å²) in [5.41, 5.74) is 1.70. The quantitative estimate of drug-likeness (QED) is 0.947. The highest BCUT2D eigenvalue weighted by molar-refractivity contribution is 7.11. The van der Waals surface area contributed by atoms with Crippen LogP contribution in [0.2, 0.25) is 0 Å². The van der Waals surface area contributed by atoms with Gasteiger partial charge in [0.15, 0.2) is 0 Å². The molecule has 2 heterocycles. The Kier molecular flexibility index (Phi) is 3.94. The Balaban J connectivity index is 2.02. The van der Waals surface area contributed by atoms with E-state index >= 15 is 0 Å². The van der Waals surface area contributed by atoms with Gasteiger partial charge in [-0.25, -0.2) is 0 Å². The largest absolute Gasteiger partial charge is 0.497 e. The normalized spacial score (nSPS) is 20.7. The first-order chi connectivity index (χ1) is 10.7. The Morgan fingerprint density at radius 2 is 2.05 bits per heavy atom. The maximum Gasteiger partial charge on any atom is 0.242 e. The topological polar surface area (TPSA) is 62.1 Å². The number of methoxy groups -OCH3 is 1. The first kappa shape index (κ1) is 14.4. The van der Waals surface area contributed by atoms with E-state index in [4.69, 9.17) is 4.74 Å². The summed E-state index contributed by atoms with van der Waals surface area (Å²) in [4.78, 5) is 13.2. The van der Waals surface area contributed by atoms with Crippen LogP contribution in [-0.2, 0) is 4.79 Å². The van der Waals surface area contributed by atoms with Gasteiger partial charge in [-0.05, 0) is 29.1 Å². The van der Waals surface area contributed by atoms with Crippen LogP contribution in [0.25, 0.3) is 5.70 Å². The van der Waals surface area contributed by atoms with Crippen LogP contribution in [0.4, 0.5) is 0 Å². The molecule has 0 aliphatic carbocycles. The predicted molar refractivity (Wildman–Crippen MR) is 85.3 cm³/mol. The lowest BCUT2D eigenvalue weighted by Crippen LogP contribution is -2.36. The maximum absolute atomic E-state index is 12.2. The van der Waals surface area contributed by atoms with Crippen molar-refractivity contribution >= 4 is 22.9 Å². The van der Waals surface area contributed by atoms with Gasteiger partial charge in [0.25, 0.3) is 0 Å². The van der Waals surface area contributed by atoms with Crippen LogP contribution >= 0.6 is 11.3 Å². The number of nitrogens with zero attached hydrogens (tertiary/aromatic N) is 1. The Bertz CT molecular complexity index is 742. The fourth-order valence-electron chi connectivity index (χ4n) is 2.52. The lowest BCUT2D eigenvalue weighted by Gasteiger charge is -2.26. The van der Waals surface area contributed by atoms with Crippen molar-refractivity contribution in [2.24, 2.45) is 5.92 Å². The van der Waals surface area contributed by atoms with Gasteiger partial charge in [-0.3, -0.25) is 4.79 Å². The van der Waals surface area contributed by atoms with E-state index in [1.807, 2.05) is 47.9 Å². The lowest BCUT2D eigenvalue weighted by atomic mass is 9.83. The smallest absolute Gasteiger partial charge is 0.242 e. The summed E-state index contributed by atoms with van der Waals surface area (Å²) in [5, 5.41) is 14.1. The lowest BCUT2D eigenvalue weighted by molar-refractivity contribution is -0.122. The number of nitriles is 1. The van der Waals surface area contributed by atoms with Crippen LogP contribution in [0, 0.1) is 17.2 Å². The number of hydrogen-bond acceptors (Lipinski definition) is 4. The van der Waals surface area contributed by atoms with Gasteiger partial charge >= 0.3 is 0 Å². The van der Waals surface area contributed by atoms with Gasteiger partial charge in [-0.15, -0.1) is 11.3 Å². The molecule has 0 saturated heterocycles. The third-order valence-corrected chi connectivity index (χ3v) is 4.58. The number of hydrogen-bond donors (Lipinski definition) is 1. The number of amides is 1. The average molecular weight is 310 g/mol. The monoisotopic (exact) mass is 310 g/mol. The summed E-state index contributed by atoms with van der Waals surface area (Å²) in [7, 11) is 1.61. The molecule has 0 unspecified atom stereocenters. The Hall–Kier alpha value is -2.58. The molecule has 5 heteroatoms. The molecule has 3 rings (SSSR count). The van der Waals surface area contributed by atoms with Gasteiger partial charge in [-0.1, -0.05) is 24.3 Å². The second-order valence-electron chi connectivity index (χ2n) is 4.95. The molecule has 2 atom stereocenters. The van der Waals surface area contributed by atoms with Crippen molar-refractivity contribution in [2.75, 3.05) is 7.11 Å². The van der Waals surface area contributed by atoms with E-state index in [1.54, 1.807) is 18.4 Å². The van der Waals surface area contributed by atoms with Crippen molar-refractivity contribution < 1.29 is 9.53 Å². The van der Waals surface area contributed by atoms with Crippen LogP contribution in [0.1, 0.15) is 16.4 Å². The molecule has 2 aromatic rings. The SMILES string of the molecule is COc1ccc([C@@H]2C=C(c3cccs3)NC(=O)[C@H]2C#N)cc1. The fraction of sp³-hybridized carbons (Fsp3) is 0.176. The number of benzene rings is 1. The van der Waals surface area contributed by atoms with E-state index in [0.717, 1.165) is 21.9 Å². The third kappa shape index (κ3) is 2.61. The number of carbonyl (C=O) groups is 1. The number of nitrogens with one attached hydrogen (secondary N) is 1. The molecule has 1 N–H and O–H groups in total. The second-order valence-corrected chi connectivity index (χ2v) is 5.90. The summed E-state index contributed by atoms with van der Waals surface area (Å²) < 4.78 is 5.15. The minimum Gasteiger partial charge on any atom is -0.497 e. The zero-order chi connectivity index (χ0) is 15.5. The van der Waals surface area contributed by atoms with E-state index < -0.39 is 5.92 Å². The maximum atomic E-state index is 12.2. The minimum absolute atomic E-state index is 0.255. The predicted octanol–water partition coefficient (Wildman–Crippen LogP) is 3.15. The number of allylic oxidation sites excluding steroid dienone is 1. The number of rotatable bonds is 3. The summed E-state index contributed by atoms with van der Waals surface area (Å²) in [6, 6.07) is 13.5. The molecule has 1 aromatic carbocycles. The van der Waals surface area contributed by atoms with Gasteiger partial charge in [0.05, 0.1) is 23.8 Å². The minimum atomic E-state index is -0.725. The highest BCUT2D eigenvalue weighted by Crippen LogP contribution is 2.34. The first-order valence-electron chi connectivity index (χ1n) is 6.83. The van der Waals surface area contributed by atoms with E-state index in [0.29, 0.717) is 0 Å². The standard InChI is InChI=1S/C17H14N2O2S/c1-21-12-6-4-11(5-7-12)13-9-15(16-3-2-8-22-16)19-17(20)14(13)10-18/h2-9,13-14H,1H3,(H,19,20)/t13-,14-/m0/s1. The van der Waals surface area contributed by atoms with E-state index in [2.05, 4.69) is 11.4 Å². The van der Waals surface area contributed by atoms with Gasteiger partial charge < -0.3 is 10.1 Å². The van der Waals surface area contributed by atoms with E-state index in [1.165, 1.54) is 0 Å². The Morgan fingerprint density at radius 1 is 1.27 bits per heavy atom. The molecular weight excluding hydrogens is 296 g/mol. The summed E-state index contributed by atoms with van der Waals surface area (Å²) >= 11 is 1.56. The highest BCUT2D eigenvalue weighted by Gasteiger charge is 2.33. The summed E-state index contributed by atoms with van der Waals surface area (Å²) in [6.07, 6.45) is 1.96. The van der Waals surface area contributed by atoms with Gasteiger partial charge in [0, 0.05) is 5.92 Å².